The summed E-state index contributed by atoms with van der Waals surface area (Å²) in [6.07, 6.45) is 0. The van der Waals surface area contributed by atoms with Gasteiger partial charge in [-0.05, 0) is 47.5 Å². The molecule has 12 rings (SSSR count). The van der Waals surface area contributed by atoms with E-state index < -0.39 is 0 Å². The highest BCUT2D eigenvalue weighted by atomic mass is 32.1. The highest BCUT2D eigenvalue weighted by molar-refractivity contribution is 7.26. The summed E-state index contributed by atoms with van der Waals surface area (Å²) < 4.78 is 11.7. The summed E-state index contributed by atoms with van der Waals surface area (Å²) in [4.78, 5) is 15.0. The minimum atomic E-state index is 0.569. The Morgan fingerprint density at radius 1 is 0.421 bits per heavy atom. The third-order valence-corrected chi connectivity index (χ3v) is 12.3. The largest absolute Gasteiger partial charge is 0.455 e. The molecular formula is C51H30N4OS. The van der Waals surface area contributed by atoms with Gasteiger partial charge in [0.15, 0.2) is 17.5 Å². The smallest absolute Gasteiger partial charge is 0.167 e. The van der Waals surface area contributed by atoms with Gasteiger partial charge in [0, 0.05) is 48.1 Å². The van der Waals surface area contributed by atoms with E-state index in [1.807, 2.05) is 78.1 Å². The van der Waals surface area contributed by atoms with Crippen LogP contribution in [0.15, 0.2) is 186 Å². The molecule has 0 saturated heterocycles. The molecule has 0 bridgehead atoms. The van der Waals surface area contributed by atoms with Crippen LogP contribution >= 0.6 is 11.3 Å². The SMILES string of the molecule is c1ccc(-c2nc(-c3ccccc3)nc(-c3cccc4c3oc3cccc(-c5ccc6c(c5)sc5c(-n7c8ccccc8c8ccccc87)cccc56)c34)n2)cc1. The Morgan fingerprint density at radius 3 is 1.72 bits per heavy atom. The number of benzene rings is 8. The first kappa shape index (κ1) is 31.9. The van der Waals surface area contributed by atoms with Crippen molar-refractivity contribution in [2.24, 2.45) is 0 Å². The highest BCUT2D eigenvalue weighted by Crippen LogP contribution is 2.44. The van der Waals surface area contributed by atoms with Crippen LogP contribution in [0.5, 0.6) is 0 Å². The van der Waals surface area contributed by atoms with Crippen molar-refractivity contribution in [3.05, 3.63) is 182 Å². The predicted molar refractivity (Wildman–Crippen MR) is 236 cm³/mol. The third-order valence-electron chi connectivity index (χ3n) is 11.1. The van der Waals surface area contributed by atoms with Crippen LogP contribution in [0, 0.1) is 0 Å². The maximum atomic E-state index is 6.75. The molecular weight excluding hydrogens is 717 g/mol. The van der Waals surface area contributed by atoms with Crippen molar-refractivity contribution in [3.8, 4) is 51.0 Å². The van der Waals surface area contributed by atoms with E-state index in [1.165, 1.54) is 47.7 Å². The summed E-state index contributed by atoms with van der Waals surface area (Å²) in [5, 5.41) is 7.14. The number of thiophene rings is 1. The van der Waals surface area contributed by atoms with Crippen molar-refractivity contribution in [2.45, 2.75) is 0 Å². The first-order valence-electron chi connectivity index (χ1n) is 19.0. The lowest BCUT2D eigenvalue weighted by Gasteiger charge is -2.09. The van der Waals surface area contributed by atoms with Crippen molar-refractivity contribution in [2.75, 3.05) is 0 Å². The van der Waals surface area contributed by atoms with Crippen LogP contribution in [-0.2, 0) is 0 Å². The molecule has 0 radical (unpaired) electrons. The van der Waals surface area contributed by atoms with Gasteiger partial charge in [-0.25, -0.2) is 15.0 Å². The Labute approximate surface area is 330 Å². The van der Waals surface area contributed by atoms with Crippen LogP contribution in [0.2, 0.25) is 0 Å². The molecule has 0 fully saturated rings. The summed E-state index contributed by atoms with van der Waals surface area (Å²) in [7, 11) is 0. The second-order valence-electron chi connectivity index (χ2n) is 14.3. The maximum Gasteiger partial charge on any atom is 0.167 e. The number of hydrogen-bond acceptors (Lipinski definition) is 5. The van der Waals surface area contributed by atoms with Gasteiger partial charge in [-0.2, -0.15) is 0 Å². The molecule has 0 amide bonds. The molecule has 4 aromatic heterocycles. The summed E-state index contributed by atoms with van der Waals surface area (Å²) in [6.45, 7) is 0. The molecule has 0 atom stereocenters. The number of fused-ring (bicyclic) bond motifs is 9. The van der Waals surface area contributed by atoms with Crippen molar-refractivity contribution in [1.29, 1.82) is 0 Å². The fraction of sp³-hybridized carbons (Fsp3) is 0. The van der Waals surface area contributed by atoms with E-state index in [4.69, 9.17) is 19.4 Å². The molecule has 0 saturated carbocycles. The Balaban J connectivity index is 1.03. The Hall–Kier alpha value is -7.41. The number of rotatable bonds is 5. The second kappa shape index (κ2) is 12.6. The number of hydrogen-bond donors (Lipinski definition) is 0. The standard InChI is InChI=1S/C51H30N4OS/c1-3-14-31(15-4-1)49-52-50(32-16-5-2-6-17-32)54-51(53-49)40-23-11-22-39-46-34(20-13-27-44(46)56-47(39)40)33-28-29-37-38-21-12-26-43(48(38)57-45(37)30-33)55-41-24-9-7-18-35(41)36-19-8-10-25-42(36)55/h1-30H. The second-order valence-corrected chi connectivity index (χ2v) is 15.4. The maximum absolute atomic E-state index is 6.75. The van der Waals surface area contributed by atoms with Gasteiger partial charge in [-0.15, -0.1) is 11.3 Å². The highest BCUT2D eigenvalue weighted by Gasteiger charge is 2.21. The summed E-state index contributed by atoms with van der Waals surface area (Å²) in [6, 6.07) is 63.7. The summed E-state index contributed by atoms with van der Waals surface area (Å²) in [5.41, 5.74) is 10.1. The Kier molecular flexibility index (Phi) is 7.03. The minimum absolute atomic E-state index is 0.569. The summed E-state index contributed by atoms with van der Waals surface area (Å²) in [5.74, 6) is 1.80. The van der Waals surface area contributed by atoms with E-state index in [2.05, 4.69) is 120 Å². The lowest BCUT2D eigenvalue weighted by atomic mass is 9.98. The van der Waals surface area contributed by atoms with Gasteiger partial charge in [0.05, 0.1) is 27.0 Å². The fourth-order valence-electron chi connectivity index (χ4n) is 8.50. The van der Waals surface area contributed by atoms with Gasteiger partial charge in [-0.3, -0.25) is 0 Å². The zero-order chi connectivity index (χ0) is 37.5. The van der Waals surface area contributed by atoms with Gasteiger partial charge in [0.25, 0.3) is 0 Å². The lowest BCUT2D eigenvalue weighted by Crippen LogP contribution is -2.00. The van der Waals surface area contributed by atoms with Crippen LogP contribution in [0.3, 0.4) is 0 Å². The number of aromatic nitrogens is 4. The van der Waals surface area contributed by atoms with E-state index in [1.54, 1.807) is 0 Å². The van der Waals surface area contributed by atoms with Crippen LogP contribution in [0.1, 0.15) is 0 Å². The van der Waals surface area contributed by atoms with Gasteiger partial charge in [0.2, 0.25) is 0 Å². The average molecular weight is 747 g/mol. The topological polar surface area (TPSA) is 56.7 Å². The normalized spacial score (nSPS) is 11.9. The monoisotopic (exact) mass is 746 g/mol. The zero-order valence-corrected chi connectivity index (χ0v) is 31.2. The number of furan rings is 1. The number of para-hydroxylation sites is 3. The van der Waals surface area contributed by atoms with E-state index in [0.29, 0.717) is 17.5 Å². The first-order chi connectivity index (χ1) is 28.3. The minimum Gasteiger partial charge on any atom is -0.455 e. The average Bonchev–Trinajstić information content (AvgIpc) is 3.96. The molecule has 57 heavy (non-hydrogen) atoms. The predicted octanol–water partition coefficient (Wildman–Crippen LogP) is 13.9. The van der Waals surface area contributed by atoms with Gasteiger partial charge in [-0.1, -0.05) is 146 Å². The first-order valence-corrected chi connectivity index (χ1v) is 19.8. The summed E-state index contributed by atoms with van der Waals surface area (Å²) >= 11 is 1.86. The van der Waals surface area contributed by atoms with Crippen molar-refractivity contribution < 1.29 is 4.42 Å². The van der Waals surface area contributed by atoms with Crippen molar-refractivity contribution >= 4 is 75.3 Å². The van der Waals surface area contributed by atoms with Crippen LogP contribution in [0.4, 0.5) is 0 Å². The molecule has 0 aliphatic heterocycles. The van der Waals surface area contributed by atoms with Crippen LogP contribution in [-0.4, -0.2) is 19.5 Å². The van der Waals surface area contributed by atoms with Crippen LogP contribution < -0.4 is 0 Å². The molecule has 6 heteroatoms. The number of nitrogens with zero attached hydrogens (tertiary/aromatic N) is 4. The van der Waals surface area contributed by atoms with E-state index in [-0.39, 0.29) is 0 Å². The fourth-order valence-corrected chi connectivity index (χ4v) is 9.75. The molecule has 0 spiro atoms. The Bertz CT molecular complexity index is 3420. The van der Waals surface area contributed by atoms with E-state index in [0.717, 1.165) is 49.8 Å². The molecule has 12 aromatic rings. The molecule has 266 valence electrons. The molecule has 0 aliphatic rings. The quantitative estimate of drug-likeness (QED) is 0.176. The molecule has 0 N–H and O–H groups in total. The lowest BCUT2D eigenvalue weighted by molar-refractivity contribution is 0.669. The van der Waals surface area contributed by atoms with Gasteiger partial charge >= 0.3 is 0 Å². The van der Waals surface area contributed by atoms with E-state index in [9.17, 15) is 0 Å². The molecule has 0 unspecified atom stereocenters. The van der Waals surface area contributed by atoms with Crippen LogP contribution in [0.25, 0.3) is 115 Å². The molecule has 5 nitrogen and oxygen atoms in total. The molecule has 4 heterocycles. The molecule has 8 aromatic carbocycles. The zero-order valence-electron chi connectivity index (χ0n) is 30.4. The van der Waals surface area contributed by atoms with E-state index >= 15 is 0 Å². The Morgan fingerprint density at radius 2 is 1.00 bits per heavy atom. The van der Waals surface area contributed by atoms with Gasteiger partial charge < -0.3 is 8.98 Å². The van der Waals surface area contributed by atoms with Gasteiger partial charge in [0.1, 0.15) is 11.2 Å². The molecule has 0 aliphatic carbocycles. The van der Waals surface area contributed by atoms with Crippen molar-refractivity contribution in [3.63, 3.8) is 0 Å². The third kappa shape index (κ3) is 4.98. The van der Waals surface area contributed by atoms with Crippen molar-refractivity contribution in [1.82, 2.24) is 19.5 Å².